The van der Waals surface area contributed by atoms with Crippen molar-refractivity contribution in [3.8, 4) is 0 Å². The van der Waals surface area contributed by atoms with Gasteiger partial charge in [0.05, 0.1) is 6.42 Å². The minimum atomic E-state index is -0.774. The van der Waals surface area contributed by atoms with Crippen LogP contribution in [-0.4, -0.2) is 24.2 Å². The Hall–Kier alpha value is -1.97. The first-order valence-electron chi connectivity index (χ1n) is 6.74. The Bertz CT molecular complexity index is 495. The lowest BCUT2D eigenvalue weighted by Gasteiger charge is -2.22. The number of benzene rings is 1. The standard InChI is InChI=1S/C15H20N2O2/c1-2-16-12-7-3-5-11-6-4-8-13(15(11)12)17-10-9-14(18)19/h3,5,7-8,16-17H,2,4,6,9-10H2,1H3,(H,18,19). The lowest BCUT2D eigenvalue weighted by atomic mass is 9.93. The average molecular weight is 260 g/mol. The number of nitrogens with one attached hydrogen (secondary N) is 2. The van der Waals surface area contributed by atoms with Crippen LogP contribution in [0.5, 0.6) is 0 Å². The molecule has 4 nitrogen and oxygen atoms in total. The summed E-state index contributed by atoms with van der Waals surface area (Å²) in [5.74, 6) is -0.774. The summed E-state index contributed by atoms with van der Waals surface area (Å²) in [4.78, 5) is 10.6. The van der Waals surface area contributed by atoms with E-state index in [9.17, 15) is 4.79 Å². The third-order valence-corrected chi connectivity index (χ3v) is 3.20. The van der Waals surface area contributed by atoms with E-state index in [1.807, 2.05) is 0 Å². The highest BCUT2D eigenvalue weighted by Gasteiger charge is 2.16. The molecule has 0 atom stereocenters. The zero-order chi connectivity index (χ0) is 13.7. The number of carbonyl (C=O) groups is 1. The smallest absolute Gasteiger partial charge is 0.305 e. The fraction of sp³-hybridized carbons (Fsp3) is 0.400. The van der Waals surface area contributed by atoms with Gasteiger partial charge in [0.25, 0.3) is 0 Å². The molecule has 0 heterocycles. The zero-order valence-electron chi connectivity index (χ0n) is 11.2. The van der Waals surface area contributed by atoms with Crippen LogP contribution in [0, 0.1) is 0 Å². The molecule has 0 unspecified atom stereocenters. The quantitative estimate of drug-likeness (QED) is 0.735. The molecule has 1 aliphatic carbocycles. The van der Waals surface area contributed by atoms with Crippen LogP contribution in [0.2, 0.25) is 0 Å². The van der Waals surface area contributed by atoms with E-state index in [0.29, 0.717) is 6.54 Å². The van der Waals surface area contributed by atoms with Gasteiger partial charge in [-0.25, -0.2) is 0 Å². The fourth-order valence-electron chi connectivity index (χ4n) is 2.40. The summed E-state index contributed by atoms with van der Waals surface area (Å²) in [7, 11) is 0. The highest BCUT2D eigenvalue weighted by atomic mass is 16.4. The van der Waals surface area contributed by atoms with Gasteiger partial charge in [-0.1, -0.05) is 18.2 Å². The minimum Gasteiger partial charge on any atom is -0.481 e. The molecular weight excluding hydrogens is 240 g/mol. The van der Waals surface area contributed by atoms with Gasteiger partial charge >= 0.3 is 5.97 Å². The van der Waals surface area contributed by atoms with Crippen LogP contribution < -0.4 is 10.6 Å². The third kappa shape index (κ3) is 3.28. The number of hydrogen-bond acceptors (Lipinski definition) is 3. The maximum absolute atomic E-state index is 10.6. The van der Waals surface area contributed by atoms with Gasteiger partial charge in [0.1, 0.15) is 0 Å². The molecule has 0 amide bonds. The number of anilines is 1. The van der Waals surface area contributed by atoms with E-state index < -0.39 is 5.97 Å². The van der Waals surface area contributed by atoms with Gasteiger partial charge in [0, 0.05) is 30.0 Å². The predicted molar refractivity (Wildman–Crippen MR) is 77.2 cm³/mol. The molecule has 3 N–H and O–H groups in total. The maximum Gasteiger partial charge on any atom is 0.305 e. The van der Waals surface area contributed by atoms with Crippen molar-refractivity contribution >= 4 is 17.4 Å². The van der Waals surface area contributed by atoms with E-state index >= 15 is 0 Å². The Morgan fingerprint density at radius 3 is 2.95 bits per heavy atom. The summed E-state index contributed by atoms with van der Waals surface area (Å²) in [6, 6.07) is 6.28. The molecule has 102 valence electrons. The Morgan fingerprint density at radius 1 is 1.37 bits per heavy atom. The lowest BCUT2D eigenvalue weighted by molar-refractivity contribution is -0.136. The van der Waals surface area contributed by atoms with E-state index in [1.165, 1.54) is 11.1 Å². The Balaban J connectivity index is 2.19. The Labute approximate surface area is 113 Å². The molecule has 1 aliphatic rings. The summed E-state index contributed by atoms with van der Waals surface area (Å²) in [6.45, 7) is 3.41. The fourth-order valence-corrected chi connectivity index (χ4v) is 2.40. The van der Waals surface area contributed by atoms with Crippen molar-refractivity contribution in [3.05, 3.63) is 35.4 Å². The van der Waals surface area contributed by atoms with Crippen molar-refractivity contribution in [3.63, 3.8) is 0 Å². The van der Waals surface area contributed by atoms with E-state index in [4.69, 9.17) is 5.11 Å². The normalized spacial score (nSPS) is 13.4. The average Bonchev–Trinajstić information content (AvgIpc) is 2.39. The van der Waals surface area contributed by atoms with Gasteiger partial charge in [-0.2, -0.15) is 0 Å². The first-order valence-corrected chi connectivity index (χ1v) is 6.74. The molecule has 0 saturated heterocycles. The number of carboxylic acid groups (broad SMARTS) is 1. The summed E-state index contributed by atoms with van der Waals surface area (Å²) >= 11 is 0. The number of hydrogen-bond donors (Lipinski definition) is 3. The van der Waals surface area contributed by atoms with Crippen molar-refractivity contribution in [1.29, 1.82) is 0 Å². The van der Waals surface area contributed by atoms with Crippen molar-refractivity contribution in [2.24, 2.45) is 0 Å². The minimum absolute atomic E-state index is 0.135. The molecule has 0 radical (unpaired) electrons. The highest BCUT2D eigenvalue weighted by Crippen LogP contribution is 2.31. The van der Waals surface area contributed by atoms with Crippen LogP contribution >= 0.6 is 0 Å². The summed E-state index contributed by atoms with van der Waals surface area (Å²) in [6.07, 6.45) is 4.33. The molecule has 0 bridgehead atoms. The molecule has 1 aromatic rings. The lowest BCUT2D eigenvalue weighted by Crippen LogP contribution is -2.20. The van der Waals surface area contributed by atoms with Crippen molar-refractivity contribution in [1.82, 2.24) is 5.32 Å². The van der Waals surface area contributed by atoms with Gasteiger partial charge in [0.15, 0.2) is 0 Å². The first-order chi connectivity index (χ1) is 9.22. The molecule has 0 saturated carbocycles. The van der Waals surface area contributed by atoms with Gasteiger partial charge in [-0.05, 0) is 31.4 Å². The largest absolute Gasteiger partial charge is 0.481 e. The number of aryl methyl sites for hydroxylation is 1. The second-order valence-corrected chi connectivity index (χ2v) is 4.60. The van der Waals surface area contributed by atoms with Gasteiger partial charge < -0.3 is 15.7 Å². The van der Waals surface area contributed by atoms with Gasteiger partial charge in [0.2, 0.25) is 0 Å². The molecule has 1 aromatic carbocycles. The highest BCUT2D eigenvalue weighted by molar-refractivity contribution is 5.79. The molecule has 19 heavy (non-hydrogen) atoms. The summed E-state index contributed by atoms with van der Waals surface area (Å²) < 4.78 is 0. The molecule has 0 fully saturated rings. The number of carboxylic acids is 1. The maximum atomic E-state index is 10.6. The second-order valence-electron chi connectivity index (χ2n) is 4.60. The van der Waals surface area contributed by atoms with Crippen LogP contribution in [0.15, 0.2) is 24.3 Å². The van der Waals surface area contributed by atoms with Crippen LogP contribution in [-0.2, 0) is 11.2 Å². The molecule has 0 aliphatic heterocycles. The van der Waals surface area contributed by atoms with Crippen LogP contribution in [0.1, 0.15) is 30.9 Å². The van der Waals surface area contributed by atoms with Crippen molar-refractivity contribution in [2.45, 2.75) is 26.2 Å². The summed E-state index contributed by atoms with van der Waals surface area (Å²) in [5.41, 5.74) is 4.69. The van der Waals surface area contributed by atoms with Crippen LogP contribution in [0.3, 0.4) is 0 Å². The van der Waals surface area contributed by atoms with Crippen molar-refractivity contribution in [2.75, 3.05) is 18.4 Å². The topological polar surface area (TPSA) is 61.4 Å². The molecular formula is C15H20N2O2. The second kappa shape index (κ2) is 6.27. The first kappa shape index (κ1) is 13.5. The van der Waals surface area contributed by atoms with Crippen LogP contribution in [0.4, 0.5) is 5.69 Å². The Kier molecular flexibility index (Phi) is 4.44. The molecule has 2 rings (SSSR count). The van der Waals surface area contributed by atoms with Crippen LogP contribution in [0.25, 0.3) is 5.70 Å². The van der Waals surface area contributed by atoms with Gasteiger partial charge in [-0.15, -0.1) is 0 Å². The van der Waals surface area contributed by atoms with Crippen molar-refractivity contribution < 1.29 is 9.90 Å². The molecule has 4 heteroatoms. The summed E-state index contributed by atoms with van der Waals surface area (Å²) in [5, 5.41) is 15.3. The van der Waals surface area contributed by atoms with E-state index in [-0.39, 0.29) is 6.42 Å². The predicted octanol–water partition coefficient (Wildman–Crippen LogP) is 2.47. The zero-order valence-corrected chi connectivity index (χ0v) is 11.2. The SMILES string of the molecule is CCNc1cccc2c1C(NCCC(=O)O)=CCC2. The van der Waals surface area contributed by atoms with E-state index in [1.54, 1.807) is 0 Å². The molecule has 0 aromatic heterocycles. The van der Waals surface area contributed by atoms with Gasteiger partial charge in [-0.3, -0.25) is 4.79 Å². The number of aliphatic carboxylic acids is 1. The van der Waals surface area contributed by atoms with E-state index in [0.717, 1.165) is 30.8 Å². The Morgan fingerprint density at radius 2 is 2.21 bits per heavy atom. The number of allylic oxidation sites excluding steroid dienone is 1. The monoisotopic (exact) mass is 260 g/mol. The van der Waals surface area contributed by atoms with E-state index in [2.05, 4.69) is 41.8 Å². The number of rotatable bonds is 6. The number of fused-ring (bicyclic) bond motifs is 1. The molecule has 0 spiro atoms. The third-order valence-electron chi connectivity index (χ3n) is 3.20.